The first-order valence-corrected chi connectivity index (χ1v) is 7.75. The first-order valence-electron chi connectivity index (χ1n) is 6.31. The van der Waals surface area contributed by atoms with Gasteiger partial charge in [0.15, 0.2) is 0 Å². The smallest absolute Gasteiger partial charge is 1.00 e. The van der Waals surface area contributed by atoms with Gasteiger partial charge in [0.05, 0.1) is 0 Å². The van der Waals surface area contributed by atoms with E-state index >= 15 is 0 Å². The zero-order valence-electron chi connectivity index (χ0n) is 15.4. The maximum absolute atomic E-state index is 13.2. The van der Waals surface area contributed by atoms with Crippen molar-refractivity contribution in [2.24, 2.45) is 0 Å². The minimum Gasteiger partial charge on any atom is -1.00 e. The molecule has 1 N–H and O–H groups in total. The Morgan fingerprint density at radius 3 is 0.788 bits per heavy atom. The molecule has 0 spiro atoms. The molecule has 33 heavy (non-hydrogen) atoms. The van der Waals surface area contributed by atoms with Gasteiger partial charge in [-0.15, -0.1) is 0 Å². The van der Waals surface area contributed by atoms with Gasteiger partial charge in [0, 0.05) is 0 Å². The second kappa shape index (κ2) is 8.11. The Morgan fingerprint density at radius 2 is 0.606 bits per heavy atom. The molecule has 0 heterocycles. The van der Waals surface area contributed by atoms with Gasteiger partial charge in [-0.25, -0.2) is 0 Å². The minimum atomic E-state index is -9.15. The van der Waals surface area contributed by atoms with Crippen LogP contribution in [-0.2, 0) is 10.1 Å². The zero-order valence-corrected chi connectivity index (χ0v) is 15.2. The second-order valence-electron chi connectivity index (χ2n) is 5.51. The van der Waals surface area contributed by atoms with Gasteiger partial charge < -0.3 is 1.43 Å². The van der Waals surface area contributed by atoms with Gasteiger partial charge in [-0.2, -0.15) is 91.8 Å². The standard InChI is InChI=1S/C9HF19O3S.Li.H/c10-1(11,2(12,13)4(16,17)6(20,21)8(24,25)26)3(14,15)5(18,19)7(22,23)9(27,28)32(29,30)31;;/h(H,29,30,31);;/q;+1;-1. The summed E-state index contributed by atoms with van der Waals surface area (Å²) in [4.78, 5) is 0. The Bertz CT molecular complexity index is 834. The van der Waals surface area contributed by atoms with Crippen molar-refractivity contribution >= 4 is 10.1 Å². The quantitative estimate of drug-likeness (QED) is 0.284. The molecule has 0 rings (SSSR count). The Kier molecular flexibility index (Phi) is 8.44. The molecule has 0 aromatic carbocycles. The van der Waals surface area contributed by atoms with Gasteiger partial charge in [-0.3, -0.25) is 4.55 Å². The second-order valence-corrected chi connectivity index (χ2v) is 6.97. The van der Waals surface area contributed by atoms with Crippen LogP contribution in [0.1, 0.15) is 1.43 Å². The third-order valence-corrected chi connectivity index (χ3v) is 4.32. The molecule has 0 saturated heterocycles. The van der Waals surface area contributed by atoms with Crippen LogP contribution in [0.15, 0.2) is 0 Å². The molecule has 0 bridgehead atoms. The molecule has 0 aliphatic heterocycles. The van der Waals surface area contributed by atoms with Gasteiger partial charge in [0.25, 0.3) is 0 Å². The fourth-order valence-electron chi connectivity index (χ4n) is 1.51. The number of alkyl halides is 19. The Labute approximate surface area is 180 Å². The van der Waals surface area contributed by atoms with Crippen molar-refractivity contribution in [1.82, 2.24) is 0 Å². The number of hydrogen-bond donors (Lipinski definition) is 1. The van der Waals surface area contributed by atoms with Crippen LogP contribution in [0.5, 0.6) is 0 Å². The van der Waals surface area contributed by atoms with Crippen molar-refractivity contribution < 1.29 is 117 Å². The summed E-state index contributed by atoms with van der Waals surface area (Å²) >= 11 is 0. The number of halogens is 19. The van der Waals surface area contributed by atoms with E-state index in [2.05, 4.69) is 0 Å². The SMILES string of the molecule is O=S(=O)(O)C(F)(F)C(F)(F)C(F)(F)C(F)(F)C(F)(F)C(F)(F)C(F)(F)C(F)(F)C(F)(F)F.[H-].[Li+]. The monoisotopic (exact) mass is 558 g/mol. The summed E-state index contributed by atoms with van der Waals surface area (Å²) in [6, 6.07) is 0. The van der Waals surface area contributed by atoms with Gasteiger partial charge in [-0.05, 0) is 0 Å². The van der Waals surface area contributed by atoms with Crippen LogP contribution in [0.3, 0.4) is 0 Å². The van der Waals surface area contributed by atoms with E-state index in [0.717, 1.165) is 0 Å². The van der Waals surface area contributed by atoms with Gasteiger partial charge >= 0.3 is 81.9 Å². The fraction of sp³-hybridized carbons (Fsp3) is 1.00. The molecule has 0 aromatic rings. The maximum Gasteiger partial charge on any atom is 1.00 e. The molecule has 0 aliphatic carbocycles. The average molecular weight is 558 g/mol. The molecule has 24 heteroatoms. The summed E-state index contributed by atoms with van der Waals surface area (Å²) in [6.45, 7) is 0. The Hall–Kier alpha value is -0.823. The molecule has 3 nitrogen and oxygen atoms in total. The molecule has 0 fully saturated rings. The van der Waals surface area contributed by atoms with Crippen LogP contribution in [0.2, 0.25) is 0 Å². The topological polar surface area (TPSA) is 54.4 Å². The predicted octanol–water partition coefficient (Wildman–Crippen LogP) is 2.59. The predicted molar refractivity (Wildman–Crippen MR) is 58.3 cm³/mol. The van der Waals surface area contributed by atoms with E-state index in [4.69, 9.17) is 4.55 Å². The van der Waals surface area contributed by atoms with Crippen LogP contribution in [0, 0.1) is 0 Å². The van der Waals surface area contributed by atoms with E-state index in [1.165, 1.54) is 0 Å². The molecule has 0 saturated carbocycles. The first-order chi connectivity index (χ1) is 13.2. The largest absolute Gasteiger partial charge is 1.00 e. The van der Waals surface area contributed by atoms with E-state index < -0.39 is 63.0 Å². The van der Waals surface area contributed by atoms with Crippen LogP contribution < -0.4 is 18.9 Å². The first kappa shape index (κ1) is 34.3. The molecular formula is C9H2F19LiO3S. The van der Waals surface area contributed by atoms with E-state index in [0.29, 0.717) is 0 Å². The van der Waals surface area contributed by atoms with E-state index in [1.54, 1.807) is 0 Å². The number of rotatable bonds is 8. The molecule has 0 atom stereocenters. The van der Waals surface area contributed by atoms with Gasteiger partial charge in [0.1, 0.15) is 0 Å². The summed E-state index contributed by atoms with van der Waals surface area (Å²) in [5.41, 5.74) is 0. The third-order valence-electron chi connectivity index (χ3n) is 3.41. The van der Waals surface area contributed by atoms with Gasteiger partial charge in [0.2, 0.25) is 0 Å². The van der Waals surface area contributed by atoms with Crippen LogP contribution in [0.25, 0.3) is 0 Å². The van der Waals surface area contributed by atoms with Crippen molar-refractivity contribution in [3.8, 4) is 0 Å². The normalized spacial score (nSPS) is 16.5. The Balaban J connectivity index is -0.00000480. The van der Waals surface area contributed by atoms with Crippen molar-refractivity contribution in [3.63, 3.8) is 0 Å². The summed E-state index contributed by atoms with van der Waals surface area (Å²) in [5, 5.41) is -7.96. The summed E-state index contributed by atoms with van der Waals surface area (Å²) in [5.74, 6) is -62.2. The molecular weight excluding hydrogens is 556 g/mol. The fourth-order valence-corrected chi connectivity index (χ4v) is 1.96. The molecule has 0 aromatic heterocycles. The maximum atomic E-state index is 13.2. The van der Waals surface area contributed by atoms with Crippen LogP contribution in [-0.4, -0.2) is 65.9 Å². The molecule has 196 valence electrons. The van der Waals surface area contributed by atoms with Gasteiger partial charge in [-0.1, -0.05) is 0 Å². The molecule has 0 radical (unpaired) electrons. The Morgan fingerprint density at radius 1 is 0.424 bits per heavy atom. The summed E-state index contributed by atoms with van der Waals surface area (Å²) in [7, 11) is -8.00. The molecule has 0 aliphatic rings. The number of hydrogen-bond acceptors (Lipinski definition) is 2. The zero-order chi connectivity index (χ0) is 27.0. The van der Waals surface area contributed by atoms with E-state index in [9.17, 15) is 91.8 Å². The van der Waals surface area contributed by atoms with E-state index in [1.807, 2.05) is 0 Å². The molecule has 0 amide bonds. The summed E-state index contributed by atoms with van der Waals surface area (Å²) in [6.07, 6.45) is -7.99. The summed E-state index contributed by atoms with van der Waals surface area (Å²) < 4.78 is 270. The van der Waals surface area contributed by atoms with Crippen LogP contribution >= 0.6 is 0 Å². The van der Waals surface area contributed by atoms with Crippen molar-refractivity contribution in [2.45, 2.75) is 52.9 Å². The third kappa shape index (κ3) is 4.13. The van der Waals surface area contributed by atoms with Crippen molar-refractivity contribution in [3.05, 3.63) is 0 Å². The van der Waals surface area contributed by atoms with Crippen molar-refractivity contribution in [2.75, 3.05) is 0 Å². The van der Waals surface area contributed by atoms with Crippen LogP contribution in [0.4, 0.5) is 83.4 Å². The average Bonchev–Trinajstić information content (AvgIpc) is 2.51. The van der Waals surface area contributed by atoms with E-state index in [-0.39, 0.29) is 20.3 Å². The molecule has 0 unspecified atom stereocenters. The van der Waals surface area contributed by atoms with Crippen molar-refractivity contribution in [1.29, 1.82) is 0 Å². The minimum absolute atomic E-state index is 0.